The van der Waals surface area contributed by atoms with Crippen molar-refractivity contribution in [2.24, 2.45) is 0 Å². The van der Waals surface area contributed by atoms with Crippen LogP contribution in [0.15, 0.2) is 42.5 Å². The van der Waals surface area contributed by atoms with Crippen LogP contribution in [0.2, 0.25) is 0 Å². The van der Waals surface area contributed by atoms with Crippen molar-refractivity contribution >= 4 is 11.4 Å². The Balaban J connectivity index is 2.21. The summed E-state index contributed by atoms with van der Waals surface area (Å²) in [6, 6.07) is 13.2. The van der Waals surface area contributed by atoms with E-state index in [4.69, 9.17) is 0 Å². The van der Waals surface area contributed by atoms with E-state index in [1.807, 2.05) is 23.1 Å². The van der Waals surface area contributed by atoms with Gasteiger partial charge in [-0.3, -0.25) is 0 Å². The van der Waals surface area contributed by atoms with Gasteiger partial charge in [0.05, 0.1) is 11.8 Å². The molecule has 0 bridgehead atoms. The number of aryl methyl sites for hydroxylation is 1. The monoisotopic (exact) mass is 285 g/mol. The lowest BCUT2D eigenvalue weighted by Crippen LogP contribution is -2.34. The molecule has 2 nitrogen and oxygen atoms in total. The summed E-state index contributed by atoms with van der Waals surface area (Å²) >= 11 is 0. The second-order valence-corrected chi connectivity index (χ2v) is 5.74. The molecule has 0 fully saturated rings. The van der Waals surface area contributed by atoms with Gasteiger partial charge >= 0.3 is 0 Å². The number of para-hydroxylation sites is 2. The van der Waals surface area contributed by atoms with Crippen LogP contribution in [0.4, 0.5) is 15.8 Å². The summed E-state index contributed by atoms with van der Waals surface area (Å²) in [4.78, 5) is 2.04. The Morgan fingerprint density at radius 2 is 1.95 bits per heavy atom. The predicted octanol–water partition coefficient (Wildman–Crippen LogP) is 4.35. The molecule has 2 aromatic carbocycles. The third kappa shape index (κ3) is 2.42. The molecule has 1 aliphatic rings. The highest BCUT2D eigenvalue weighted by molar-refractivity contribution is 5.72. The molecule has 3 rings (SSSR count). The Bertz CT molecular complexity index is 653. The zero-order chi connectivity index (χ0) is 15.0. The molecular formula is C18H20FNO. The molecule has 2 aromatic rings. The van der Waals surface area contributed by atoms with Gasteiger partial charge in [-0.2, -0.15) is 0 Å². The van der Waals surface area contributed by atoms with Crippen molar-refractivity contribution in [1.82, 2.24) is 0 Å². The lowest BCUT2D eigenvalue weighted by molar-refractivity contribution is 0.199. The molecule has 110 valence electrons. The number of nitrogens with zero attached hydrogens (tertiary/aromatic N) is 1. The SMILES string of the molecule is CC(O)c1cccc(F)c1N1c2ccccc2CCC1C. The molecular weight excluding hydrogens is 265 g/mol. The number of hydrogen-bond acceptors (Lipinski definition) is 2. The van der Waals surface area contributed by atoms with E-state index < -0.39 is 6.10 Å². The largest absolute Gasteiger partial charge is 0.389 e. The first-order chi connectivity index (χ1) is 10.1. The smallest absolute Gasteiger partial charge is 0.147 e. The maximum Gasteiger partial charge on any atom is 0.147 e. The van der Waals surface area contributed by atoms with E-state index in [-0.39, 0.29) is 11.9 Å². The summed E-state index contributed by atoms with van der Waals surface area (Å²) in [6.07, 6.45) is 1.29. The normalized spacial score (nSPS) is 19.2. The average Bonchev–Trinajstić information content (AvgIpc) is 2.47. The summed E-state index contributed by atoms with van der Waals surface area (Å²) in [5.41, 5.74) is 3.42. The zero-order valence-corrected chi connectivity index (χ0v) is 12.4. The van der Waals surface area contributed by atoms with Crippen molar-refractivity contribution in [3.63, 3.8) is 0 Å². The summed E-state index contributed by atoms with van der Waals surface area (Å²) < 4.78 is 14.5. The van der Waals surface area contributed by atoms with E-state index >= 15 is 0 Å². The van der Waals surface area contributed by atoms with E-state index in [0.717, 1.165) is 18.5 Å². The minimum atomic E-state index is -0.697. The van der Waals surface area contributed by atoms with E-state index in [1.165, 1.54) is 11.6 Å². The van der Waals surface area contributed by atoms with Crippen LogP contribution in [0.3, 0.4) is 0 Å². The number of hydrogen-bond donors (Lipinski definition) is 1. The van der Waals surface area contributed by atoms with Crippen LogP contribution in [0.5, 0.6) is 0 Å². The van der Waals surface area contributed by atoms with Gasteiger partial charge in [0.2, 0.25) is 0 Å². The Kier molecular flexibility index (Phi) is 3.68. The lowest BCUT2D eigenvalue weighted by Gasteiger charge is -2.38. The summed E-state index contributed by atoms with van der Waals surface area (Å²) in [6.45, 7) is 3.78. The second-order valence-electron chi connectivity index (χ2n) is 5.74. The maximum atomic E-state index is 14.5. The minimum Gasteiger partial charge on any atom is -0.389 e. The molecule has 0 radical (unpaired) electrons. The highest BCUT2D eigenvalue weighted by Crippen LogP contribution is 2.41. The van der Waals surface area contributed by atoms with Gasteiger partial charge in [0.25, 0.3) is 0 Å². The Labute approximate surface area is 124 Å². The van der Waals surface area contributed by atoms with Crippen LogP contribution in [0.25, 0.3) is 0 Å². The molecule has 1 N–H and O–H groups in total. The van der Waals surface area contributed by atoms with Gasteiger partial charge in [0.15, 0.2) is 0 Å². The molecule has 2 atom stereocenters. The first kappa shape index (κ1) is 14.1. The van der Waals surface area contributed by atoms with Crippen molar-refractivity contribution in [1.29, 1.82) is 0 Å². The van der Waals surface area contributed by atoms with Crippen LogP contribution in [0, 0.1) is 5.82 Å². The number of aliphatic hydroxyl groups is 1. The van der Waals surface area contributed by atoms with Gasteiger partial charge in [-0.05, 0) is 44.4 Å². The fourth-order valence-electron chi connectivity index (χ4n) is 3.15. The molecule has 0 aliphatic carbocycles. The van der Waals surface area contributed by atoms with E-state index in [9.17, 15) is 9.50 Å². The third-order valence-corrected chi connectivity index (χ3v) is 4.23. The number of anilines is 2. The van der Waals surface area contributed by atoms with Gasteiger partial charge in [-0.1, -0.05) is 30.3 Å². The Morgan fingerprint density at radius 3 is 2.71 bits per heavy atom. The van der Waals surface area contributed by atoms with Crippen molar-refractivity contribution in [3.05, 3.63) is 59.4 Å². The van der Waals surface area contributed by atoms with Crippen LogP contribution >= 0.6 is 0 Å². The highest BCUT2D eigenvalue weighted by atomic mass is 19.1. The summed E-state index contributed by atoms with van der Waals surface area (Å²) in [5.74, 6) is -0.281. The van der Waals surface area contributed by atoms with Crippen LogP contribution in [-0.4, -0.2) is 11.1 Å². The number of benzene rings is 2. The van der Waals surface area contributed by atoms with Gasteiger partial charge in [-0.15, -0.1) is 0 Å². The molecule has 21 heavy (non-hydrogen) atoms. The van der Waals surface area contributed by atoms with Crippen molar-refractivity contribution in [2.75, 3.05) is 4.90 Å². The fraction of sp³-hybridized carbons (Fsp3) is 0.333. The molecule has 3 heteroatoms. The molecule has 0 spiro atoms. The number of halogens is 1. The fourth-order valence-corrected chi connectivity index (χ4v) is 3.15. The third-order valence-electron chi connectivity index (χ3n) is 4.23. The summed E-state index contributed by atoms with van der Waals surface area (Å²) in [7, 11) is 0. The zero-order valence-electron chi connectivity index (χ0n) is 12.4. The maximum absolute atomic E-state index is 14.5. The molecule has 1 aliphatic heterocycles. The first-order valence-electron chi connectivity index (χ1n) is 7.43. The molecule has 0 saturated heterocycles. The second kappa shape index (κ2) is 5.49. The van der Waals surface area contributed by atoms with Crippen LogP contribution < -0.4 is 4.90 Å². The van der Waals surface area contributed by atoms with Crippen LogP contribution in [0.1, 0.15) is 37.5 Å². The number of rotatable bonds is 2. The molecule has 0 aromatic heterocycles. The molecule has 0 amide bonds. The first-order valence-corrected chi connectivity index (χ1v) is 7.43. The Morgan fingerprint density at radius 1 is 1.19 bits per heavy atom. The number of aliphatic hydroxyl groups excluding tert-OH is 1. The molecule has 1 heterocycles. The quantitative estimate of drug-likeness (QED) is 0.886. The predicted molar refractivity (Wildman–Crippen MR) is 83.4 cm³/mol. The van der Waals surface area contributed by atoms with E-state index in [1.54, 1.807) is 19.1 Å². The van der Waals surface area contributed by atoms with Gasteiger partial charge in [0, 0.05) is 17.3 Å². The minimum absolute atomic E-state index is 0.203. The summed E-state index contributed by atoms with van der Waals surface area (Å²) in [5, 5.41) is 10.0. The lowest BCUT2D eigenvalue weighted by atomic mass is 9.94. The van der Waals surface area contributed by atoms with E-state index in [0.29, 0.717) is 11.3 Å². The Hall–Kier alpha value is -1.87. The highest BCUT2D eigenvalue weighted by Gasteiger charge is 2.28. The van der Waals surface area contributed by atoms with Crippen molar-refractivity contribution in [3.8, 4) is 0 Å². The van der Waals surface area contributed by atoms with Crippen molar-refractivity contribution in [2.45, 2.75) is 38.8 Å². The van der Waals surface area contributed by atoms with Crippen LogP contribution in [-0.2, 0) is 6.42 Å². The standard InChI is InChI=1S/C18H20FNO/c1-12-10-11-14-6-3-4-9-17(14)20(12)18-15(13(2)21)7-5-8-16(18)19/h3-9,12-13,21H,10-11H2,1-2H3. The average molecular weight is 285 g/mol. The van der Waals surface area contributed by atoms with Gasteiger partial charge in [-0.25, -0.2) is 4.39 Å². The van der Waals surface area contributed by atoms with E-state index in [2.05, 4.69) is 13.0 Å². The van der Waals surface area contributed by atoms with Gasteiger partial charge < -0.3 is 10.0 Å². The molecule has 2 unspecified atom stereocenters. The van der Waals surface area contributed by atoms with Crippen molar-refractivity contribution < 1.29 is 9.50 Å². The molecule has 0 saturated carbocycles. The van der Waals surface area contributed by atoms with Gasteiger partial charge in [0.1, 0.15) is 5.82 Å². The number of fused-ring (bicyclic) bond motifs is 1. The topological polar surface area (TPSA) is 23.5 Å².